The lowest BCUT2D eigenvalue weighted by Crippen LogP contribution is -2.46. The summed E-state index contributed by atoms with van der Waals surface area (Å²) >= 11 is 0. The molecule has 0 saturated carbocycles. The molecule has 0 aliphatic rings. The van der Waals surface area contributed by atoms with E-state index in [2.05, 4.69) is 86.8 Å². The fraction of sp³-hybridized carbons (Fsp3) is 0.793. The third-order valence-electron chi connectivity index (χ3n) is 12.3. The van der Waals surface area contributed by atoms with Gasteiger partial charge >= 0.3 is 5.97 Å². The molecule has 0 saturated heterocycles. The second kappa shape index (κ2) is 51.5. The highest BCUT2D eigenvalue weighted by molar-refractivity contribution is 5.77. The minimum absolute atomic E-state index is 0.0386. The number of nitrogens with one attached hydrogen (secondary N) is 1. The van der Waals surface area contributed by atoms with Crippen LogP contribution in [0.2, 0.25) is 0 Å². The average Bonchev–Trinajstić information content (AvgIpc) is 3.29. The first kappa shape index (κ1) is 61.6. The molecule has 6 nitrogen and oxygen atoms in total. The smallest absolute Gasteiger partial charge is 0.306 e. The van der Waals surface area contributed by atoms with Crippen LogP contribution >= 0.6 is 0 Å². The predicted molar refractivity (Wildman–Crippen MR) is 278 cm³/mol. The fourth-order valence-corrected chi connectivity index (χ4v) is 8.14. The second-order valence-corrected chi connectivity index (χ2v) is 18.7. The summed E-state index contributed by atoms with van der Waals surface area (Å²) in [4.78, 5) is 26.2. The van der Waals surface area contributed by atoms with Crippen molar-refractivity contribution in [1.29, 1.82) is 0 Å². The number of amides is 1. The Morgan fingerprint density at radius 1 is 0.469 bits per heavy atom. The van der Waals surface area contributed by atoms with Crippen molar-refractivity contribution in [1.82, 2.24) is 5.32 Å². The van der Waals surface area contributed by atoms with E-state index >= 15 is 0 Å². The summed E-state index contributed by atoms with van der Waals surface area (Å²) in [5.41, 5.74) is 0. The van der Waals surface area contributed by atoms with Crippen molar-refractivity contribution in [2.75, 3.05) is 6.61 Å². The van der Waals surface area contributed by atoms with Gasteiger partial charge in [0, 0.05) is 6.42 Å². The fourth-order valence-electron chi connectivity index (χ4n) is 8.14. The van der Waals surface area contributed by atoms with Crippen LogP contribution in [0.1, 0.15) is 271 Å². The Kier molecular flexibility index (Phi) is 49.6. The van der Waals surface area contributed by atoms with Crippen LogP contribution in [0.25, 0.3) is 0 Å². The van der Waals surface area contributed by atoms with Gasteiger partial charge < -0.3 is 20.3 Å². The van der Waals surface area contributed by atoms with Crippen LogP contribution in [0.4, 0.5) is 0 Å². The summed E-state index contributed by atoms with van der Waals surface area (Å²) < 4.78 is 5.92. The molecule has 3 unspecified atom stereocenters. The molecule has 0 fully saturated rings. The zero-order valence-electron chi connectivity index (χ0n) is 42.4. The maximum absolute atomic E-state index is 13.2. The summed E-state index contributed by atoms with van der Waals surface area (Å²) in [5, 5.41) is 23.8. The molecular weight excluding hydrogens is 791 g/mol. The monoisotopic (exact) mass is 896 g/mol. The standard InChI is InChI=1S/C58H105NO5/c1-4-7-10-13-16-19-22-25-27-28-29-30-31-33-36-39-42-45-48-51-58(63)64-54(49-46-43-40-37-34-32-26-23-20-17-14-11-8-5-2)52-57(62)59-55(53-60)56(61)50-47-44-41-38-35-24-21-18-15-12-9-6-3/h16,19,25,27,29-30,32,34,37,40,54-56,60-61H,4-15,17-18,20-24,26,28,31,33,35-36,38-39,41-53H2,1-3H3,(H,59,62)/b19-16-,27-25-,30-29-,34-32+,40-37+. The zero-order chi connectivity index (χ0) is 46.7. The molecule has 0 bridgehead atoms. The van der Waals surface area contributed by atoms with Crippen LogP contribution in [0, 0.1) is 0 Å². The molecule has 1 amide bonds. The highest BCUT2D eigenvalue weighted by Gasteiger charge is 2.24. The number of allylic oxidation sites excluding steroid dienone is 10. The van der Waals surface area contributed by atoms with Crippen molar-refractivity contribution in [3.8, 4) is 0 Å². The summed E-state index contributed by atoms with van der Waals surface area (Å²) in [5.74, 6) is -0.531. The van der Waals surface area contributed by atoms with E-state index in [0.29, 0.717) is 19.3 Å². The first-order valence-electron chi connectivity index (χ1n) is 27.5. The molecule has 0 rings (SSSR count). The quantitative estimate of drug-likeness (QED) is 0.0245. The van der Waals surface area contributed by atoms with Crippen LogP contribution in [0.3, 0.4) is 0 Å². The molecule has 3 atom stereocenters. The van der Waals surface area contributed by atoms with Crippen molar-refractivity contribution >= 4 is 11.9 Å². The van der Waals surface area contributed by atoms with E-state index in [0.717, 1.165) is 77.0 Å². The van der Waals surface area contributed by atoms with Crippen LogP contribution in [0.15, 0.2) is 60.8 Å². The van der Waals surface area contributed by atoms with E-state index in [1.165, 1.54) is 148 Å². The van der Waals surface area contributed by atoms with Gasteiger partial charge in [-0.3, -0.25) is 9.59 Å². The molecule has 3 N–H and O–H groups in total. The third kappa shape index (κ3) is 46.1. The second-order valence-electron chi connectivity index (χ2n) is 18.7. The minimum atomic E-state index is -0.802. The van der Waals surface area contributed by atoms with Gasteiger partial charge in [-0.1, -0.05) is 236 Å². The first-order valence-corrected chi connectivity index (χ1v) is 27.5. The van der Waals surface area contributed by atoms with Crippen molar-refractivity contribution in [3.63, 3.8) is 0 Å². The van der Waals surface area contributed by atoms with Crippen LogP contribution in [0.5, 0.6) is 0 Å². The van der Waals surface area contributed by atoms with Gasteiger partial charge in [0.1, 0.15) is 6.10 Å². The van der Waals surface area contributed by atoms with Gasteiger partial charge in [0.15, 0.2) is 0 Å². The van der Waals surface area contributed by atoms with Crippen LogP contribution in [-0.2, 0) is 14.3 Å². The Morgan fingerprint density at radius 2 is 0.859 bits per heavy atom. The number of aliphatic hydroxyl groups excluding tert-OH is 2. The van der Waals surface area contributed by atoms with E-state index in [9.17, 15) is 19.8 Å². The van der Waals surface area contributed by atoms with Gasteiger partial charge in [0.05, 0.1) is 25.2 Å². The highest BCUT2D eigenvalue weighted by atomic mass is 16.5. The summed E-state index contributed by atoms with van der Waals surface area (Å²) in [6.45, 7) is 6.44. The highest BCUT2D eigenvalue weighted by Crippen LogP contribution is 2.17. The number of hydrogen-bond acceptors (Lipinski definition) is 5. The SMILES string of the molecule is CCCCC/C=C\C/C=C\C/C=C\CCCCCCCCC(=O)OC(CCC/C=C/C=C/CCCCCCCCC)CC(=O)NC(CO)C(O)CCCCCCCCCCCCCC. The Morgan fingerprint density at radius 3 is 1.36 bits per heavy atom. The first-order chi connectivity index (χ1) is 31.5. The number of rotatable bonds is 49. The number of carbonyl (C=O) groups is 2. The Hall–Kier alpha value is -2.44. The topological polar surface area (TPSA) is 95.9 Å². The van der Waals surface area contributed by atoms with E-state index in [1.807, 2.05) is 0 Å². The maximum atomic E-state index is 13.2. The molecule has 0 aromatic heterocycles. The lowest BCUT2D eigenvalue weighted by molar-refractivity contribution is -0.151. The molecule has 0 spiro atoms. The van der Waals surface area contributed by atoms with Crippen molar-refractivity contribution in [2.45, 2.75) is 289 Å². The van der Waals surface area contributed by atoms with Crippen molar-refractivity contribution in [3.05, 3.63) is 60.8 Å². The maximum Gasteiger partial charge on any atom is 0.306 e. The molecule has 64 heavy (non-hydrogen) atoms. The molecule has 372 valence electrons. The summed E-state index contributed by atoms with van der Waals surface area (Å²) in [6, 6.07) is -0.720. The normalized spacial score (nSPS) is 13.6. The molecule has 6 heteroatoms. The van der Waals surface area contributed by atoms with E-state index < -0.39 is 18.2 Å². The predicted octanol–water partition coefficient (Wildman–Crippen LogP) is 16.8. The molecular formula is C58H105NO5. The molecule has 0 heterocycles. The number of ether oxygens (including phenoxy) is 1. The minimum Gasteiger partial charge on any atom is -0.462 e. The number of hydrogen-bond donors (Lipinski definition) is 3. The number of esters is 1. The molecule has 0 aromatic carbocycles. The van der Waals surface area contributed by atoms with Gasteiger partial charge in [-0.15, -0.1) is 0 Å². The summed E-state index contributed by atoms with van der Waals surface area (Å²) in [6.07, 6.45) is 64.3. The molecule has 0 aromatic rings. The Bertz CT molecular complexity index is 1140. The van der Waals surface area contributed by atoms with E-state index in [4.69, 9.17) is 4.74 Å². The van der Waals surface area contributed by atoms with Crippen molar-refractivity contribution in [2.24, 2.45) is 0 Å². The van der Waals surface area contributed by atoms with Crippen LogP contribution < -0.4 is 5.32 Å². The lowest BCUT2D eigenvalue weighted by atomic mass is 10.0. The van der Waals surface area contributed by atoms with Gasteiger partial charge in [0.2, 0.25) is 5.91 Å². The number of aliphatic hydroxyl groups is 2. The Labute approximate surface area is 397 Å². The largest absolute Gasteiger partial charge is 0.462 e. The lowest BCUT2D eigenvalue weighted by Gasteiger charge is -2.24. The number of unbranched alkanes of at least 4 members (excludes halogenated alkanes) is 28. The van der Waals surface area contributed by atoms with E-state index in [1.54, 1.807) is 0 Å². The molecule has 0 aliphatic carbocycles. The average molecular weight is 896 g/mol. The summed E-state index contributed by atoms with van der Waals surface area (Å²) in [7, 11) is 0. The Balaban J connectivity index is 4.63. The van der Waals surface area contributed by atoms with E-state index in [-0.39, 0.29) is 24.9 Å². The van der Waals surface area contributed by atoms with Gasteiger partial charge in [-0.25, -0.2) is 0 Å². The third-order valence-corrected chi connectivity index (χ3v) is 12.3. The van der Waals surface area contributed by atoms with Crippen LogP contribution in [-0.4, -0.2) is 46.9 Å². The molecule has 0 aliphatic heterocycles. The zero-order valence-corrected chi connectivity index (χ0v) is 42.4. The number of carbonyl (C=O) groups excluding carboxylic acids is 2. The molecule has 0 radical (unpaired) electrons. The van der Waals surface area contributed by atoms with Gasteiger partial charge in [-0.05, 0) is 83.5 Å². The van der Waals surface area contributed by atoms with Gasteiger partial charge in [-0.2, -0.15) is 0 Å². The van der Waals surface area contributed by atoms with Crippen molar-refractivity contribution < 1.29 is 24.5 Å². The van der Waals surface area contributed by atoms with Gasteiger partial charge in [0.25, 0.3) is 0 Å².